The summed E-state index contributed by atoms with van der Waals surface area (Å²) in [5.74, 6) is 5.28. The second kappa shape index (κ2) is 47.0. The Hall–Kier alpha value is -10.6. The zero-order chi connectivity index (χ0) is 90.1. The first-order valence-electron chi connectivity index (χ1n) is 44.9. The van der Waals surface area contributed by atoms with E-state index in [4.69, 9.17) is 0 Å². The van der Waals surface area contributed by atoms with Crippen LogP contribution in [0.3, 0.4) is 0 Å². The van der Waals surface area contributed by atoms with Crippen molar-refractivity contribution in [1.29, 1.82) is 0 Å². The van der Waals surface area contributed by atoms with Crippen molar-refractivity contribution < 1.29 is 20.4 Å². The third-order valence-corrected chi connectivity index (χ3v) is 27.3. The topological polar surface area (TPSA) is 335 Å². The van der Waals surface area contributed by atoms with E-state index in [1.54, 1.807) is 37.2 Å². The molecule has 682 valence electrons. The lowest BCUT2D eigenvalue weighted by Gasteiger charge is -2.37. The van der Waals surface area contributed by atoms with Crippen LogP contribution in [-0.4, -0.2) is 163 Å². The molecule has 0 radical (unpaired) electrons. The van der Waals surface area contributed by atoms with Gasteiger partial charge in [-0.25, -0.2) is 22.6 Å². The van der Waals surface area contributed by atoms with Gasteiger partial charge in [-0.3, -0.25) is 24.9 Å². The third-order valence-electron chi connectivity index (χ3n) is 24.2. The molecule has 5 atom stereocenters. The minimum atomic E-state index is -0.00433. The number of aliphatic hydroxyl groups excluding tert-OH is 4. The Balaban J connectivity index is 0.000000125. The Kier molecular flexibility index (Phi) is 34.0. The van der Waals surface area contributed by atoms with Gasteiger partial charge in [0.15, 0.2) is 0 Å². The van der Waals surface area contributed by atoms with E-state index < -0.39 is 0 Å². The summed E-state index contributed by atoms with van der Waals surface area (Å²) in [7, 11) is 0. The molecule has 17 heterocycles. The van der Waals surface area contributed by atoms with E-state index in [2.05, 4.69) is 257 Å². The fourth-order valence-electron chi connectivity index (χ4n) is 17.2. The monoisotopic (exact) mass is 2080 g/mol. The smallest absolute Gasteiger partial charge is 0.130 e. The average Bonchev–Trinajstić information content (AvgIpc) is 1.61. The first kappa shape index (κ1) is 94.1. The molecule has 2 unspecified atom stereocenters. The number of hydrogen-bond donors (Lipinski definition) is 12. The zero-order valence-corrected chi connectivity index (χ0v) is 81.1. The molecule has 2 aliphatic heterocycles. The summed E-state index contributed by atoms with van der Waals surface area (Å²) in [6.45, 7) is 10.3. The van der Waals surface area contributed by atoms with Crippen molar-refractivity contribution in [2.75, 3.05) is 91.9 Å². The molecule has 0 spiro atoms. The number of anilines is 10. The summed E-state index contributed by atoms with van der Waals surface area (Å²) >= 11 is 18.0. The van der Waals surface area contributed by atoms with Gasteiger partial charge in [0.2, 0.25) is 0 Å². The van der Waals surface area contributed by atoms with Crippen LogP contribution in [-0.2, 0) is 32.7 Å². The molecule has 12 N–H and O–H groups in total. The van der Waals surface area contributed by atoms with E-state index in [1.807, 2.05) is 139 Å². The maximum atomic E-state index is 9.78. The quantitative estimate of drug-likeness (QED) is 0.0207. The lowest BCUT2D eigenvalue weighted by molar-refractivity contribution is 0.178. The van der Waals surface area contributed by atoms with Crippen LogP contribution in [0.1, 0.15) is 144 Å². The molecule has 15 aromatic heterocycles. The van der Waals surface area contributed by atoms with Crippen LogP contribution >= 0.6 is 79.6 Å². The molecule has 4 fully saturated rings. The number of nitrogens with one attached hydrogen (secondary N) is 8. The predicted molar refractivity (Wildman–Crippen MR) is 537 cm³/mol. The summed E-state index contributed by atoms with van der Waals surface area (Å²) in [6, 6.07) is 42.5. The Labute approximate surface area is 799 Å². The number of piperidine rings is 2. The number of nitrogens with zero attached hydrogens (tertiary/aromatic N) is 17. The molecular weight excluding hydrogens is 1970 g/mol. The SMILES string of the molecule is Brc1cnn2c(NCc3cccnc3)cc(NC3CCCCC3)cc12.CC(C)[C@@H](CO)Nc1cc(NCc2cccnc2)n2ncc(Br)c2c1.OCC1CCCCN1c1cc(NCc2cccnc2)n2ncc(Br)c2c1.OCCC1CCCCN1c1cc(NCc2cccnc2)n2ncc(Br)c2c1.OC[C@H]1CCCC[C@H]1Nc1cc(NCc2cccnc2)n2ncc(Br)c2c1. The number of pyridine rings is 10. The number of aliphatic hydroxyl groups is 4. The van der Waals surface area contributed by atoms with Crippen molar-refractivity contribution in [3.05, 3.63) is 264 Å². The van der Waals surface area contributed by atoms with Crippen molar-refractivity contribution in [3.63, 3.8) is 0 Å². The second-order valence-electron chi connectivity index (χ2n) is 33.6. The highest BCUT2D eigenvalue weighted by Crippen LogP contribution is 2.38. The van der Waals surface area contributed by atoms with Gasteiger partial charge in [0.25, 0.3) is 0 Å². The van der Waals surface area contributed by atoms with Crippen LogP contribution in [0, 0.1) is 11.8 Å². The van der Waals surface area contributed by atoms with E-state index in [9.17, 15) is 20.4 Å². The molecule has 2 aliphatic carbocycles. The van der Waals surface area contributed by atoms with Crippen LogP contribution in [0.2, 0.25) is 0 Å². The highest BCUT2D eigenvalue weighted by molar-refractivity contribution is 9.11. The molecule has 19 rings (SSSR count). The molecule has 34 heteroatoms. The van der Waals surface area contributed by atoms with Gasteiger partial charge in [-0.05, 0) is 245 Å². The van der Waals surface area contributed by atoms with Crippen molar-refractivity contribution >= 4 is 165 Å². The molecule has 29 nitrogen and oxygen atoms in total. The molecule has 4 aliphatic rings. The van der Waals surface area contributed by atoms with Crippen LogP contribution < -0.4 is 52.3 Å². The van der Waals surface area contributed by atoms with Crippen molar-refractivity contribution in [1.82, 2.24) is 73.0 Å². The maximum Gasteiger partial charge on any atom is 0.130 e. The number of aromatic nitrogens is 15. The van der Waals surface area contributed by atoms with Crippen LogP contribution in [0.5, 0.6) is 0 Å². The fourth-order valence-corrected chi connectivity index (χ4v) is 19.1. The van der Waals surface area contributed by atoms with Gasteiger partial charge < -0.3 is 72.8 Å². The Morgan fingerprint density at radius 3 is 1.08 bits per heavy atom. The Morgan fingerprint density at radius 2 is 0.708 bits per heavy atom. The van der Waals surface area contributed by atoms with Gasteiger partial charge in [0.05, 0.1) is 106 Å². The molecular formula is C96H114Br5N25O4. The molecule has 130 heavy (non-hydrogen) atoms. The van der Waals surface area contributed by atoms with Gasteiger partial charge in [0.1, 0.15) is 29.1 Å². The number of hydrogen-bond acceptors (Lipinski definition) is 24. The second-order valence-corrected chi connectivity index (χ2v) is 37.9. The van der Waals surface area contributed by atoms with Crippen LogP contribution in [0.4, 0.5) is 57.5 Å². The lowest BCUT2D eigenvalue weighted by atomic mass is 9.85. The van der Waals surface area contributed by atoms with Gasteiger partial charge in [0, 0.05) is 204 Å². The molecule has 15 aromatic rings. The van der Waals surface area contributed by atoms with Gasteiger partial charge in [-0.1, -0.05) is 76.3 Å². The highest BCUT2D eigenvalue weighted by Gasteiger charge is 2.29. The first-order chi connectivity index (χ1) is 63.6. The Morgan fingerprint density at radius 1 is 0.362 bits per heavy atom. The Bertz CT molecular complexity index is 6050. The highest BCUT2D eigenvalue weighted by atomic mass is 79.9. The van der Waals surface area contributed by atoms with Crippen molar-refractivity contribution in [3.8, 4) is 0 Å². The summed E-state index contributed by atoms with van der Waals surface area (Å²) in [5.41, 5.74) is 16.1. The molecule has 2 saturated carbocycles. The maximum absolute atomic E-state index is 9.78. The van der Waals surface area contributed by atoms with E-state index >= 15 is 0 Å². The van der Waals surface area contributed by atoms with Crippen molar-refractivity contribution in [2.24, 2.45) is 11.8 Å². The van der Waals surface area contributed by atoms with E-state index in [0.29, 0.717) is 62.7 Å². The normalized spacial score (nSPS) is 16.6. The largest absolute Gasteiger partial charge is 0.396 e. The summed E-state index contributed by atoms with van der Waals surface area (Å²) in [4.78, 5) is 25.6. The van der Waals surface area contributed by atoms with Crippen molar-refractivity contribution in [2.45, 2.75) is 180 Å². The van der Waals surface area contributed by atoms with E-state index in [-0.39, 0.29) is 38.5 Å². The van der Waals surface area contributed by atoms with Crippen LogP contribution in [0.15, 0.2) is 237 Å². The summed E-state index contributed by atoms with van der Waals surface area (Å²) in [5, 5.41) is 89.1. The van der Waals surface area contributed by atoms with Gasteiger partial charge >= 0.3 is 0 Å². The summed E-state index contributed by atoms with van der Waals surface area (Å²) in [6.07, 6.45) is 46.1. The number of rotatable bonds is 29. The standard InChI is InChI=1S/2C20H24BrN5O.C19H22BrN5O.C19H22BrN5.C18H22BrN5O/c21-18-14-24-26-19(18)10-17(25-8-2-1-5-16(25)6-9-27)11-20(26)23-13-15-4-3-7-22-12-15;21-17-12-24-26-19(17)8-16(25-18-6-2-1-5-15(18)13-27)9-20(26)23-11-14-4-3-7-22-10-14;20-17-12-23-25-18(17)8-16(24-7-2-1-5-15(24)13-26)9-19(25)22-11-14-4-3-6-21-10-14;20-17-13-23-25-18(17)9-16(24-15-6-2-1-3-7-15)10-19(25)22-12-14-5-4-8-21-11-14;1-12(2)16(11-25)23-14-6-17-15(19)10-22-24(17)18(7-14)21-9-13-4-3-5-20-8-13/h3-4,7,10-12,14,16,23,27H,1-2,5-6,8-9,13H2;3-4,7-10,12,15,18,23,25,27H,1-2,5-6,11,13H2;3-4,6,8-10,12,15,22,26H,1-2,5,7,11,13H2;4-5,8-11,13,15,22,24H,1-3,6-7,12H2;3-8,10,12,16,21,23,25H,9,11H2,1-2H3/t;15-,18-;;;16-/m.1..1/s1. The fraction of sp³-hybridized carbons (Fsp3) is 0.375. The first-order valence-corrected chi connectivity index (χ1v) is 48.9. The lowest BCUT2D eigenvalue weighted by Crippen LogP contribution is -2.42. The molecule has 0 aromatic carbocycles. The minimum absolute atomic E-state index is 0.00433. The summed E-state index contributed by atoms with van der Waals surface area (Å²) < 4.78 is 14.3. The average molecular weight is 2080 g/mol. The zero-order valence-electron chi connectivity index (χ0n) is 73.1. The molecule has 0 bridgehead atoms. The number of fused-ring (bicyclic) bond motifs is 5. The van der Waals surface area contributed by atoms with Gasteiger partial charge in [-0.15, -0.1) is 0 Å². The predicted octanol–water partition coefficient (Wildman–Crippen LogP) is 19.7. The van der Waals surface area contributed by atoms with Crippen LogP contribution in [0.25, 0.3) is 27.6 Å². The minimum Gasteiger partial charge on any atom is -0.396 e. The van der Waals surface area contributed by atoms with E-state index in [1.165, 1.54) is 69.9 Å². The van der Waals surface area contributed by atoms with E-state index in [0.717, 1.165) is 181 Å². The third kappa shape index (κ3) is 24.8. The van der Waals surface area contributed by atoms with Gasteiger partial charge in [-0.2, -0.15) is 25.5 Å². The number of halogens is 5. The molecule has 0 amide bonds. The molecule has 2 saturated heterocycles.